The van der Waals surface area contributed by atoms with Gasteiger partial charge in [-0.25, -0.2) is 4.79 Å². The van der Waals surface area contributed by atoms with Crippen molar-refractivity contribution < 1.29 is 24.5 Å². The molecule has 0 saturated carbocycles. The predicted molar refractivity (Wildman–Crippen MR) is 49.7 cm³/mol. The number of aliphatic hydroxyl groups is 2. The maximum atomic E-state index is 11.0. The molecular weight excluding hydrogens is 188 g/mol. The number of ether oxygens (including phenoxy) is 2. The molecule has 0 fully saturated rings. The second-order valence-corrected chi connectivity index (χ2v) is 2.79. The second kappa shape index (κ2) is 7.49. The molecule has 0 aromatic carbocycles. The van der Waals surface area contributed by atoms with Gasteiger partial charge in [0.1, 0.15) is 6.10 Å². The molecule has 0 aromatic rings. The Labute approximate surface area is 82.9 Å². The van der Waals surface area contributed by atoms with Crippen LogP contribution in [0.5, 0.6) is 0 Å². The molecule has 0 saturated heterocycles. The summed E-state index contributed by atoms with van der Waals surface area (Å²) < 4.78 is 9.71. The first kappa shape index (κ1) is 13.1. The van der Waals surface area contributed by atoms with Crippen LogP contribution < -0.4 is 0 Å². The van der Waals surface area contributed by atoms with E-state index in [1.54, 1.807) is 0 Å². The van der Waals surface area contributed by atoms with Crippen molar-refractivity contribution in [3.63, 3.8) is 0 Å². The van der Waals surface area contributed by atoms with Gasteiger partial charge in [-0.15, -0.1) is 0 Å². The smallest absolute Gasteiger partial charge is 0.333 e. The molecule has 0 aliphatic heterocycles. The highest BCUT2D eigenvalue weighted by Crippen LogP contribution is 1.99. The molecule has 14 heavy (non-hydrogen) atoms. The van der Waals surface area contributed by atoms with Gasteiger partial charge in [0.25, 0.3) is 0 Å². The van der Waals surface area contributed by atoms with Crippen LogP contribution in [0, 0.1) is 0 Å². The van der Waals surface area contributed by atoms with E-state index in [-0.39, 0.29) is 32.0 Å². The van der Waals surface area contributed by atoms with Gasteiger partial charge in [0.2, 0.25) is 0 Å². The first-order valence-corrected chi connectivity index (χ1v) is 4.27. The zero-order valence-corrected chi connectivity index (χ0v) is 8.23. The van der Waals surface area contributed by atoms with Crippen LogP contribution in [-0.2, 0) is 14.3 Å². The first-order valence-electron chi connectivity index (χ1n) is 4.27. The third kappa shape index (κ3) is 5.69. The maximum absolute atomic E-state index is 11.0. The third-order valence-corrected chi connectivity index (χ3v) is 1.37. The molecule has 2 N–H and O–H groups in total. The normalized spacial score (nSPS) is 12.2. The zero-order valence-electron chi connectivity index (χ0n) is 8.23. The van der Waals surface area contributed by atoms with E-state index in [4.69, 9.17) is 19.7 Å². The number of carbonyl (C=O) groups excluding carboxylic acids is 1. The number of hydrogen-bond donors (Lipinski definition) is 2. The Bertz CT molecular complexity index is 190. The summed E-state index contributed by atoms with van der Waals surface area (Å²) in [6, 6.07) is 0. The van der Waals surface area contributed by atoms with Crippen LogP contribution in [0.1, 0.15) is 6.92 Å². The van der Waals surface area contributed by atoms with E-state index in [2.05, 4.69) is 6.58 Å². The van der Waals surface area contributed by atoms with Gasteiger partial charge in [-0.3, -0.25) is 0 Å². The summed E-state index contributed by atoms with van der Waals surface area (Å²) in [5, 5.41) is 17.2. The quantitative estimate of drug-likeness (QED) is 0.331. The Morgan fingerprint density at radius 1 is 1.50 bits per heavy atom. The minimum atomic E-state index is -0.703. The lowest BCUT2D eigenvalue weighted by atomic mass is 10.3. The Balaban J connectivity index is 3.78. The molecular formula is C9H16O5. The van der Waals surface area contributed by atoms with E-state index in [1.165, 1.54) is 6.92 Å². The molecule has 1 atom stereocenters. The van der Waals surface area contributed by atoms with Crippen LogP contribution in [0.3, 0.4) is 0 Å². The highest BCUT2D eigenvalue weighted by atomic mass is 16.6. The monoisotopic (exact) mass is 204 g/mol. The van der Waals surface area contributed by atoms with Crippen molar-refractivity contribution >= 4 is 5.97 Å². The van der Waals surface area contributed by atoms with Crippen LogP contribution in [0.4, 0.5) is 0 Å². The summed E-state index contributed by atoms with van der Waals surface area (Å²) in [5.74, 6) is -0.559. The average Bonchev–Trinajstić information content (AvgIpc) is 2.16. The Kier molecular flexibility index (Phi) is 7.00. The first-order chi connectivity index (χ1) is 6.61. The number of carbonyl (C=O) groups is 1. The van der Waals surface area contributed by atoms with Gasteiger partial charge in [-0.1, -0.05) is 6.58 Å². The topological polar surface area (TPSA) is 76.0 Å². The molecule has 0 amide bonds. The van der Waals surface area contributed by atoms with Gasteiger partial charge in [-0.2, -0.15) is 0 Å². The van der Waals surface area contributed by atoms with E-state index < -0.39 is 12.1 Å². The standard InChI is InChI=1S/C9H16O5/c1-7(2)9(12)14-8(5-11)6-13-4-3-10/h8,10-11H,1,3-6H2,2H3. The van der Waals surface area contributed by atoms with Crippen LogP contribution in [0.25, 0.3) is 0 Å². The largest absolute Gasteiger partial charge is 0.454 e. The average molecular weight is 204 g/mol. The van der Waals surface area contributed by atoms with Gasteiger partial charge in [0.15, 0.2) is 0 Å². The molecule has 0 heterocycles. The fourth-order valence-corrected chi connectivity index (χ4v) is 0.655. The molecule has 0 rings (SSSR count). The lowest BCUT2D eigenvalue weighted by Crippen LogP contribution is -2.27. The highest BCUT2D eigenvalue weighted by molar-refractivity contribution is 5.87. The predicted octanol–water partition coefficient (Wildman–Crippen LogP) is -0.525. The molecule has 82 valence electrons. The summed E-state index contributed by atoms with van der Waals surface area (Å²) in [4.78, 5) is 11.0. The second-order valence-electron chi connectivity index (χ2n) is 2.79. The minimum absolute atomic E-state index is 0.0656. The molecule has 0 radical (unpaired) electrons. The van der Waals surface area contributed by atoms with Crippen molar-refractivity contribution in [2.45, 2.75) is 13.0 Å². The molecule has 5 nitrogen and oxygen atoms in total. The van der Waals surface area contributed by atoms with Crippen LogP contribution in [0.15, 0.2) is 12.2 Å². The summed E-state index contributed by atoms with van der Waals surface area (Å²) in [5.41, 5.74) is 0.269. The number of hydrogen-bond acceptors (Lipinski definition) is 5. The van der Waals surface area contributed by atoms with Gasteiger partial charge < -0.3 is 19.7 Å². The van der Waals surface area contributed by atoms with Crippen molar-refractivity contribution in [1.82, 2.24) is 0 Å². The number of rotatable bonds is 7. The molecule has 0 aliphatic rings. The molecule has 0 aromatic heterocycles. The molecule has 0 aliphatic carbocycles. The third-order valence-electron chi connectivity index (χ3n) is 1.37. The van der Waals surface area contributed by atoms with Crippen molar-refractivity contribution in [3.8, 4) is 0 Å². The Morgan fingerprint density at radius 2 is 2.14 bits per heavy atom. The van der Waals surface area contributed by atoms with Crippen LogP contribution >= 0.6 is 0 Å². The van der Waals surface area contributed by atoms with Gasteiger partial charge in [0.05, 0.1) is 26.4 Å². The molecule has 5 heteroatoms. The van der Waals surface area contributed by atoms with E-state index in [0.29, 0.717) is 0 Å². The lowest BCUT2D eigenvalue weighted by Gasteiger charge is -2.15. The SMILES string of the molecule is C=C(C)C(=O)OC(CO)COCCO. The van der Waals surface area contributed by atoms with E-state index >= 15 is 0 Å². The molecule has 0 bridgehead atoms. The number of esters is 1. The fourth-order valence-electron chi connectivity index (χ4n) is 0.655. The van der Waals surface area contributed by atoms with E-state index in [9.17, 15) is 4.79 Å². The van der Waals surface area contributed by atoms with Gasteiger partial charge in [-0.05, 0) is 6.92 Å². The zero-order chi connectivity index (χ0) is 11.0. The highest BCUT2D eigenvalue weighted by Gasteiger charge is 2.13. The van der Waals surface area contributed by atoms with Crippen molar-refractivity contribution in [1.29, 1.82) is 0 Å². The van der Waals surface area contributed by atoms with Crippen molar-refractivity contribution in [2.75, 3.05) is 26.4 Å². The van der Waals surface area contributed by atoms with Crippen LogP contribution in [-0.4, -0.2) is 48.7 Å². The lowest BCUT2D eigenvalue weighted by molar-refractivity contribution is -0.150. The Hall–Kier alpha value is -0.910. The maximum Gasteiger partial charge on any atom is 0.333 e. The summed E-state index contributed by atoms with van der Waals surface area (Å²) >= 11 is 0. The Morgan fingerprint density at radius 3 is 2.57 bits per heavy atom. The summed E-state index contributed by atoms with van der Waals surface area (Å²) in [6.07, 6.45) is -0.703. The van der Waals surface area contributed by atoms with Crippen molar-refractivity contribution in [3.05, 3.63) is 12.2 Å². The van der Waals surface area contributed by atoms with Gasteiger partial charge in [0, 0.05) is 5.57 Å². The molecule has 0 spiro atoms. The van der Waals surface area contributed by atoms with Gasteiger partial charge >= 0.3 is 5.97 Å². The van der Waals surface area contributed by atoms with E-state index in [1.807, 2.05) is 0 Å². The van der Waals surface area contributed by atoms with Crippen molar-refractivity contribution in [2.24, 2.45) is 0 Å². The summed E-state index contributed by atoms with van der Waals surface area (Å²) in [7, 11) is 0. The van der Waals surface area contributed by atoms with E-state index in [0.717, 1.165) is 0 Å². The minimum Gasteiger partial charge on any atom is -0.454 e. The summed E-state index contributed by atoms with van der Waals surface area (Å²) in [6.45, 7) is 4.72. The van der Waals surface area contributed by atoms with Crippen LogP contribution in [0.2, 0.25) is 0 Å². The number of aliphatic hydroxyl groups excluding tert-OH is 2. The fraction of sp³-hybridized carbons (Fsp3) is 0.667. The molecule has 1 unspecified atom stereocenters.